The summed E-state index contributed by atoms with van der Waals surface area (Å²) in [5.41, 5.74) is 5.91. The number of nitrogens with two attached hydrogens (primary N) is 1. The predicted molar refractivity (Wildman–Crippen MR) is 73.0 cm³/mol. The molecule has 7 heteroatoms. The topological polar surface area (TPSA) is 90.4 Å². The van der Waals surface area contributed by atoms with Crippen molar-refractivity contribution in [3.63, 3.8) is 0 Å². The lowest BCUT2D eigenvalue weighted by atomic mass is 10.1. The van der Waals surface area contributed by atoms with Gasteiger partial charge in [-0.1, -0.05) is 0 Å². The Kier molecular flexibility index (Phi) is 4.60. The maximum Gasteiger partial charge on any atom is 0.360 e. The van der Waals surface area contributed by atoms with E-state index >= 15 is 0 Å². The average molecular weight is 280 g/mol. The van der Waals surface area contributed by atoms with Crippen LogP contribution in [0.5, 0.6) is 0 Å². The molecule has 110 valence electrons. The zero-order chi connectivity index (χ0) is 14.5. The highest BCUT2D eigenvalue weighted by Crippen LogP contribution is 2.14. The summed E-state index contributed by atoms with van der Waals surface area (Å²) in [5.74, 6) is -0.382. The minimum absolute atomic E-state index is 0.00390. The summed E-state index contributed by atoms with van der Waals surface area (Å²) in [6.45, 7) is 3.66. The molecule has 0 bridgehead atoms. The van der Waals surface area contributed by atoms with Gasteiger partial charge in [0.1, 0.15) is 12.4 Å². The van der Waals surface area contributed by atoms with E-state index in [2.05, 4.69) is 4.98 Å². The summed E-state index contributed by atoms with van der Waals surface area (Å²) in [4.78, 5) is 29.5. The maximum atomic E-state index is 12.1. The molecule has 2 rings (SSSR count). The van der Waals surface area contributed by atoms with Crippen LogP contribution in [0.15, 0.2) is 6.33 Å². The Morgan fingerprint density at radius 1 is 1.35 bits per heavy atom. The molecule has 7 nitrogen and oxygen atoms in total. The van der Waals surface area contributed by atoms with Gasteiger partial charge in [-0.15, -0.1) is 0 Å². The highest BCUT2D eigenvalue weighted by molar-refractivity contribution is 5.92. The molecule has 2 N–H and O–H groups in total. The predicted octanol–water partition coefficient (Wildman–Crippen LogP) is 0.654. The molecule has 1 aliphatic rings. The SMILES string of the molecule is CCOC(=O)c1ncn(CC(=O)N2CCCCC2)c1N. The first-order valence-corrected chi connectivity index (χ1v) is 6.89. The van der Waals surface area contributed by atoms with Crippen molar-refractivity contribution in [2.24, 2.45) is 0 Å². The molecule has 0 radical (unpaired) electrons. The van der Waals surface area contributed by atoms with Gasteiger partial charge < -0.3 is 19.9 Å². The third-order valence-corrected chi connectivity index (χ3v) is 3.36. The fourth-order valence-corrected chi connectivity index (χ4v) is 2.26. The number of hydrogen-bond acceptors (Lipinski definition) is 5. The van der Waals surface area contributed by atoms with Gasteiger partial charge in [-0.25, -0.2) is 9.78 Å². The van der Waals surface area contributed by atoms with Crippen LogP contribution in [0.2, 0.25) is 0 Å². The van der Waals surface area contributed by atoms with Crippen molar-refractivity contribution in [1.82, 2.24) is 14.5 Å². The minimum Gasteiger partial charge on any atom is -0.461 e. The molecule has 0 atom stereocenters. The number of hydrogen-bond donors (Lipinski definition) is 1. The molecule has 1 amide bonds. The molecule has 0 saturated carbocycles. The van der Waals surface area contributed by atoms with Crippen LogP contribution in [-0.4, -0.2) is 46.0 Å². The molecule has 0 aromatic carbocycles. The summed E-state index contributed by atoms with van der Waals surface area (Å²) >= 11 is 0. The summed E-state index contributed by atoms with van der Waals surface area (Å²) < 4.78 is 6.34. The number of amides is 1. The van der Waals surface area contributed by atoms with E-state index in [4.69, 9.17) is 10.5 Å². The highest BCUT2D eigenvalue weighted by Gasteiger charge is 2.21. The van der Waals surface area contributed by atoms with Crippen LogP contribution in [0, 0.1) is 0 Å². The Balaban J connectivity index is 2.02. The van der Waals surface area contributed by atoms with Crippen LogP contribution in [0.4, 0.5) is 5.82 Å². The summed E-state index contributed by atoms with van der Waals surface area (Å²) in [7, 11) is 0. The molecule has 1 aliphatic heterocycles. The molecular weight excluding hydrogens is 260 g/mol. The van der Waals surface area contributed by atoms with Crippen LogP contribution < -0.4 is 5.73 Å². The van der Waals surface area contributed by atoms with Crippen molar-refractivity contribution in [2.75, 3.05) is 25.4 Å². The first-order valence-electron chi connectivity index (χ1n) is 6.89. The van der Waals surface area contributed by atoms with Crippen molar-refractivity contribution in [2.45, 2.75) is 32.7 Å². The first kappa shape index (κ1) is 14.4. The lowest BCUT2D eigenvalue weighted by Crippen LogP contribution is -2.37. The van der Waals surface area contributed by atoms with Crippen LogP contribution in [-0.2, 0) is 16.1 Å². The Morgan fingerprint density at radius 3 is 2.70 bits per heavy atom. The smallest absolute Gasteiger partial charge is 0.360 e. The van der Waals surface area contributed by atoms with Crippen LogP contribution in [0.3, 0.4) is 0 Å². The number of likely N-dealkylation sites (tertiary alicyclic amines) is 1. The van der Waals surface area contributed by atoms with Gasteiger partial charge in [-0.3, -0.25) is 4.79 Å². The van der Waals surface area contributed by atoms with Gasteiger partial charge in [0.15, 0.2) is 5.69 Å². The summed E-state index contributed by atoms with van der Waals surface area (Å²) in [6.07, 6.45) is 4.66. The number of nitrogen functional groups attached to an aromatic ring is 1. The van der Waals surface area contributed by atoms with E-state index in [-0.39, 0.29) is 30.6 Å². The Labute approximate surface area is 117 Å². The summed E-state index contributed by atoms with van der Waals surface area (Å²) in [6, 6.07) is 0. The van der Waals surface area contributed by atoms with Gasteiger partial charge in [0.25, 0.3) is 0 Å². The average Bonchev–Trinajstić information content (AvgIpc) is 2.81. The number of carbonyl (C=O) groups is 2. The van der Waals surface area contributed by atoms with Gasteiger partial charge in [0, 0.05) is 13.1 Å². The second-order valence-electron chi connectivity index (χ2n) is 4.77. The molecule has 1 fully saturated rings. The number of carbonyl (C=O) groups excluding carboxylic acids is 2. The number of piperidine rings is 1. The molecule has 0 aliphatic carbocycles. The molecule has 20 heavy (non-hydrogen) atoms. The van der Waals surface area contributed by atoms with Crippen molar-refractivity contribution < 1.29 is 14.3 Å². The van der Waals surface area contributed by atoms with Gasteiger partial charge in [-0.05, 0) is 26.2 Å². The van der Waals surface area contributed by atoms with Crippen molar-refractivity contribution in [1.29, 1.82) is 0 Å². The van der Waals surface area contributed by atoms with Crippen LogP contribution >= 0.6 is 0 Å². The van der Waals surface area contributed by atoms with E-state index in [1.165, 1.54) is 17.3 Å². The van der Waals surface area contributed by atoms with E-state index in [9.17, 15) is 9.59 Å². The second-order valence-corrected chi connectivity index (χ2v) is 4.77. The van der Waals surface area contributed by atoms with Crippen LogP contribution in [0.1, 0.15) is 36.7 Å². The quantitative estimate of drug-likeness (QED) is 0.818. The summed E-state index contributed by atoms with van der Waals surface area (Å²) in [5, 5.41) is 0. The molecule has 0 unspecified atom stereocenters. The molecule has 1 saturated heterocycles. The van der Waals surface area contributed by atoms with E-state index < -0.39 is 5.97 Å². The van der Waals surface area contributed by atoms with Crippen molar-refractivity contribution >= 4 is 17.7 Å². The number of aromatic nitrogens is 2. The van der Waals surface area contributed by atoms with Crippen molar-refractivity contribution in [3.8, 4) is 0 Å². The monoisotopic (exact) mass is 280 g/mol. The third kappa shape index (κ3) is 3.09. The van der Waals surface area contributed by atoms with E-state index in [1.54, 1.807) is 6.92 Å². The Hall–Kier alpha value is -2.05. The fraction of sp³-hybridized carbons (Fsp3) is 0.615. The van der Waals surface area contributed by atoms with Crippen LogP contribution in [0.25, 0.3) is 0 Å². The minimum atomic E-state index is -0.561. The number of nitrogens with zero attached hydrogens (tertiary/aromatic N) is 3. The normalized spacial score (nSPS) is 15.2. The molecular formula is C13H20N4O3. The van der Waals surface area contributed by atoms with E-state index in [0.29, 0.717) is 0 Å². The molecule has 1 aromatic heterocycles. The zero-order valence-electron chi connectivity index (χ0n) is 11.7. The molecule has 1 aromatic rings. The van der Waals surface area contributed by atoms with E-state index in [1.807, 2.05) is 4.90 Å². The van der Waals surface area contributed by atoms with Gasteiger partial charge in [0.05, 0.1) is 12.9 Å². The lowest BCUT2D eigenvalue weighted by Gasteiger charge is -2.26. The number of ether oxygens (including phenoxy) is 1. The zero-order valence-corrected chi connectivity index (χ0v) is 11.7. The van der Waals surface area contributed by atoms with Gasteiger partial charge >= 0.3 is 5.97 Å². The first-order chi connectivity index (χ1) is 9.63. The number of rotatable bonds is 4. The lowest BCUT2D eigenvalue weighted by molar-refractivity contribution is -0.132. The second kappa shape index (κ2) is 6.40. The molecule has 2 heterocycles. The number of imidazole rings is 1. The van der Waals surface area contributed by atoms with Crippen molar-refractivity contribution in [3.05, 3.63) is 12.0 Å². The standard InChI is InChI=1S/C13H20N4O3/c1-2-20-13(19)11-12(14)17(9-15-11)8-10(18)16-6-4-3-5-7-16/h9H,2-8,14H2,1H3. The third-order valence-electron chi connectivity index (χ3n) is 3.36. The largest absolute Gasteiger partial charge is 0.461 e. The molecule has 0 spiro atoms. The van der Waals surface area contributed by atoms with Gasteiger partial charge in [-0.2, -0.15) is 0 Å². The Bertz CT molecular complexity index is 492. The van der Waals surface area contributed by atoms with E-state index in [0.717, 1.165) is 25.9 Å². The fourth-order valence-electron chi connectivity index (χ4n) is 2.26. The number of anilines is 1. The van der Waals surface area contributed by atoms with Gasteiger partial charge in [0.2, 0.25) is 5.91 Å². The number of esters is 1. The maximum absolute atomic E-state index is 12.1. The highest BCUT2D eigenvalue weighted by atomic mass is 16.5. The Morgan fingerprint density at radius 2 is 2.05 bits per heavy atom.